The molecule has 33 heavy (non-hydrogen) atoms. The van der Waals surface area contributed by atoms with E-state index in [0.29, 0.717) is 40.4 Å². The Morgan fingerprint density at radius 1 is 1.15 bits per heavy atom. The third kappa shape index (κ3) is 6.73. The van der Waals surface area contributed by atoms with Crippen LogP contribution in [0.1, 0.15) is 71.9 Å². The fourth-order valence-electron chi connectivity index (χ4n) is 4.17. The zero-order chi connectivity index (χ0) is 24.2. The number of aromatic nitrogens is 2. The van der Waals surface area contributed by atoms with Crippen LogP contribution in [0.3, 0.4) is 0 Å². The first kappa shape index (κ1) is 25.6. The average Bonchev–Trinajstić information content (AvgIpc) is 3.42. The molecule has 1 heterocycles. The van der Waals surface area contributed by atoms with Crippen LogP contribution in [0.2, 0.25) is 10.0 Å². The molecule has 1 aliphatic rings. The van der Waals surface area contributed by atoms with Crippen molar-refractivity contribution in [3.05, 3.63) is 40.0 Å². The van der Waals surface area contributed by atoms with E-state index in [2.05, 4.69) is 26.1 Å². The molecule has 6 nitrogen and oxygen atoms in total. The molecule has 0 atom stereocenters. The minimum atomic E-state index is -0.257. The van der Waals surface area contributed by atoms with E-state index >= 15 is 0 Å². The quantitative estimate of drug-likeness (QED) is 0.474. The minimum absolute atomic E-state index is 0.0113. The van der Waals surface area contributed by atoms with Gasteiger partial charge in [0.1, 0.15) is 5.82 Å². The zero-order valence-electron chi connectivity index (χ0n) is 20.0. The normalized spacial score (nSPS) is 14.5. The van der Waals surface area contributed by atoms with Crippen LogP contribution >= 0.6 is 23.2 Å². The number of hydrogen-bond acceptors (Lipinski definition) is 3. The molecular weight excluding hydrogens is 459 g/mol. The molecule has 3 rings (SSSR count). The van der Waals surface area contributed by atoms with Crippen LogP contribution in [0, 0.1) is 5.92 Å². The second-order valence-electron chi connectivity index (χ2n) is 9.82. The van der Waals surface area contributed by atoms with Gasteiger partial charge in [0.15, 0.2) is 0 Å². The van der Waals surface area contributed by atoms with Crippen LogP contribution in [-0.4, -0.2) is 39.6 Å². The summed E-state index contributed by atoms with van der Waals surface area (Å²) in [6, 6.07) is 7.07. The van der Waals surface area contributed by atoms with E-state index in [0.717, 1.165) is 12.1 Å². The van der Waals surface area contributed by atoms with Crippen LogP contribution in [0.4, 0.5) is 5.82 Å². The lowest BCUT2D eigenvalue weighted by atomic mass is 9.92. The second kappa shape index (κ2) is 10.9. The first-order chi connectivity index (χ1) is 15.6. The standard InChI is InChI=1S/C25H34Cl2N4O2/c1-5-30(24(33)13-10-17-8-6-7-9-17)16-23(32)28-22-15-21(25(2,3)4)29-31(22)18-11-12-19(26)20(27)14-18/h11-12,14-15,17H,5-10,13,16H2,1-4H3,(H,28,32). The summed E-state index contributed by atoms with van der Waals surface area (Å²) in [7, 11) is 0. The Bertz CT molecular complexity index is 991. The molecule has 0 aliphatic heterocycles. The zero-order valence-corrected chi connectivity index (χ0v) is 21.5. The van der Waals surface area contributed by atoms with Crippen molar-refractivity contribution in [1.82, 2.24) is 14.7 Å². The Morgan fingerprint density at radius 3 is 2.45 bits per heavy atom. The van der Waals surface area contributed by atoms with Gasteiger partial charge in [0, 0.05) is 24.4 Å². The molecule has 1 aromatic carbocycles. The summed E-state index contributed by atoms with van der Waals surface area (Å²) in [6.07, 6.45) is 6.38. The maximum absolute atomic E-state index is 12.9. The number of carbonyl (C=O) groups excluding carboxylic acids is 2. The Hall–Kier alpha value is -2.05. The van der Waals surface area contributed by atoms with Crippen LogP contribution in [0.25, 0.3) is 5.69 Å². The number of carbonyl (C=O) groups is 2. The highest BCUT2D eigenvalue weighted by atomic mass is 35.5. The number of amides is 2. The maximum atomic E-state index is 12.9. The van der Waals surface area contributed by atoms with Crippen LogP contribution in [0.15, 0.2) is 24.3 Å². The summed E-state index contributed by atoms with van der Waals surface area (Å²) in [4.78, 5) is 27.3. The van der Waals surface area contributed by atoms with Crippen molar-refractivity contribution in [2.75, 3.05) is 18.4 Å². The fraction of sp³-hybridized carbons (Fsp3) is 0.560. The smallest absolute Gasteiger partial charge is 0.245 e. The Morgan fingerprint density at radius 2 is 1.85 bits per heavy atom. The Labute approximate surface area is 206 Å². The summed E-state index contributed by atoms with van der Waals surface area (Å²) < 4.78 is 1.65. The number of anilines is 1. The highest BCUT2D eigenvalue weighted by molar-refractivity contribution is 6.42. The van der Waals surface area contributed by atoms with Crippen molar-refractivity contribution in [2.24, 2.45) is 5.92 Å². The average molecular weight is 493 g/mol. The lowest BCUT2D eigenvalue weighted by molar-refractivity contribution is -0.134. The molecular formula is C25H34Cl2N4O2. The molecule has 2 aromatic rings. The Kier molecular flexibility index (Phi) is 8.46. The SMILES string of the molecule is CCN(CC(=O)Nc1cc(C(C)(C)C)nn1-c1ccc(Cl)c(Cl)c1)C(=O)CCC1CCCC1. The van der Waals surface area contributed by atoms with Crippen molar-refractivity contribution >= 4 is 40.8 Å². The van der Waals surface area contributed by atoms with E-state index in [-0.39, 0.29) is 23.8 Å². The van der Waals surface area contributed by atoms with Crippen LogP contribution in [-0.2, 0) is 15.0 Å². The van der Waals surface area contributed by atoms with Gasteiger partial charge >= 0.3 is 0 Å². The predicted molar refractivity (Wildman–Crippen MR) is 134 cm³/mol. The molecule has 1 aliphatic carbocycles. The highest BCUT2D eigenvalue weighted by Gasteiger charge is 2.24. The van der Waals surface area contributed by atoms with Gasteiger partial charge in [-0.15, -0.1) is 0 Å². The minimum Gasteiger partial charge on any atom is -0.334 e. The van der Waals surface area contributed by atoms with Crippen LogP contribution < -0.4 is 5.32 Å². The molecule has 1 N–H and O–H groups in total. The number of benzene rings is 1. The molecule has 1 aromatic heterocycles. The van der Waals surface area contributed by atoms with E-state index in [9.17, 15) is 9.59 Å². The molecule has 1 fully saturated rings. The first-order valence-electron chi connectivity index (χ1n) is 11.7. The monoisotopic (exact) mass is 492 g/mol. The van der Waals surface area contributed by atoms with Crippen molar-refractivity contribution < 1.29 is 9.59 Å². The van der Waals surface area contributed by atoms with Gasteiger partial charge in [0.2, 0.25) is 11.8 Å². The molecule has 0 spiro atoms. The van der Waals surface area contributed by atoms with Crippen molar-refractivity contribution in [3.8, 4) is 5.69 Å². The van der Waals surface area contributed by atoms with Gasteiger partial charge in [-0.25, -0.2) is 4.68 Å². The molecule has 0 unspecified atom stereocenters. The van der Waals surface area contributed by atoms with Crippen molar-refractivity contribution in [2.45, 2.75) is 71.6 Å². The van der Waals surface area contributed by atoms with Gasteiger partial charge in [-0.1, -0.05) is 69.7 Å². The highest BCUT2D eigenvalue weighted by Crippen LogP contribution is 2.30. The van der Waals surface area contributed by atoms with Gasteiger partial charge < -0.3 is 10.2 Å². The van der Waals surface area contributed by atoms with Crippen molar-refractivity contribution in [3.63, 3.8) is 0 Å². The van der Waals surface area contributed by atoms with E-state index in [1.165, 1.54) is 25.7 Å². The summed E-state index contributed by atoms with van der Waals surface area (Å²) in [5.74, 6) is 0.955. The first-order valence-corrected chi connectivity index (χ1v) is 12.5. The topological polar surface area (TPSA) is 67.2 Å². The van der Waals surface area contributed by atoms with Crippen molar-refractivity contribution in [1.29, 1.82) is 0 Å². The van der Waals surface area contributed by atoms with Gasteiger partial charge in [0.05, 0.1) is 28.0 Å². The fourth-order valence-corrected chi connectivity index (χ4v) is 4.46. The Balaban J connectivity index is 1.73. The number of nitrogens with zero attached hydrogens (tertiary/aromatic N) is 3. The summed E-state index contributed by atoms with van der Waals surface area (Å²) in [5, 5.41) is 8.50. The van der Waals surface area contributed by atoms with Crippen LogP contribution in [0.5, 0.6) is 0 Å². The predicted octanol–water partition coefficient (Wildman–Crippen LogP) is 6.23. The largest absolute Gasteiger partial charge is 0.334 e. The lowest BCUT2D eigenvalue weighted by Gasteiger charge is -2.21. The molecule has 1 saturated carbocycles. The molecule has 0 radical (unpaired) electrons. The summed E-state index contributed by atoms with van der Waals surface area (Å²) in [5.41, 5.74) is 1.30. The van der Waals surface area contributed by atoms with Gasteiger partial charge in [-0.05, 0) is 37.5 Å². The van der Waals surface area contributed by atoms with Gasteiger partial charge in [-0.3, -0.25) is 9.59 Å². The number of nitrogens with one attached hydrogen (secondary N) is 1. The number of rotatable bonds is 8. The number of halogens is 2. The third-order valence-electron chi connectivity index (χ3n) is 6.20. The van der Waals surface area contributed by atoms with E-state index in [1.54, 1.807) is 27.8 Å². The lowest BCUT2D eigenvalue weighted by Crippen LogP contribution is -2.38. The summed E-state index contributed by atoms with van der Waals surface area (Å²) in [6.45, 7) is 8.58. The maximum Gasteiger partial charge on any atom is 0.245 e. The van der Waals surface area contributed by atoms with E-state index < -0.39 is 0 Å². The van der Waals surface area contributed by atoms with Gasteiger partial charge in [-0.2, -0.15) is 5.10 Å². The number of likely N-dealkylation sites (N-methyl/N-ethyl adjacent to an activating group) is 1. The molecule has 180 valence electrons. The molecule has 2 amide bonds. The molecule has 0 bridgehead atoms. The number of hydrogen-bond donors (Lipinski definition) is 1. The van der Waals surface area contributed by atoms with Gasteiger partial charge in [0.25, 0.3) is 0 Å². The molecule has 8 heteroatoms. The van der Waals surface area contributed by atoms with E-state index in [4.69, 9.17) is 28.3 Å². The second-order valence-corrected chi connectivity index (χ2v) is 10.6. The summed E-state index contributed by atoms with van der Waals surface area (Å²) >= 11 is 12.3. The molecule has 0 saturated heterocycles. The van der Waals surface area contributed by atoms with E-state index in [1.807, 2.05) is 13.0 Å². The third-order valence-corrected chi connectivity index (χ3v) is 6.94.